The summed E-state index contributed by atoms with van der Waals surface area (Å²) in [7, 11) is 6.40. The van der Waals surface area contributed by atoms with Gasteiger partial charge in [0.25, 0.3) is 0 Å². The Morgan fingerprint density at radius 1 is 1.00 bits per heavy atom. The molecule has 41 heavy (non-hydrogen) atoms. The first-order chi connectivity index (χ1) is 19.9. The van der Waals surface area contributed by atoms with E-state index >= 15 is 0 Å². The van der Waals surface area contributed by atoms with Gasteiger partial charge in [-0.2, -0.15) is 11.8 Å². The molecule has 0 radical (unpaired) electrons. The molecule has 1 fully saturated rings. The molecule has 2 atom stereocenters. The van der Waals surface area contributed by atoms with Crippen molar-refractivity contribution < 1.29 is 38.4 Å². The Kier molecular flexibility index (Phi) is 12.8. The highest BCUT2D eigenvalue weighted by molar-refractivity contribution is 7.98. The van der Waals surface area contributed by atoms with E-state index in [1.54, 1.807) is 40.2 Å². The average Bonchev–Trinajstić information content (AvgIpc) is 3.50. The highest BCUT2D eigenvalue weighted by Gasteiger charge is 2.31. The molecular weight excluding hydrogens is 548 g/mol. The molecule has 2 N–H and O–H groups in total. The van der Waals surface area contributed by atoms with Crippen molar-refractivity contribution in [1.82, 2.24) is 10.4 Å². The molecule has 0 aromatic heterocycles. The number of methoxy groups -OCH3 is 4. The van der Waals surface area contributed by atoms with Crippen LogP contribution in [0.1, 0.15) is 55.1 Å². The van der Waals surface area contributed by atoms with Gasteiger partial charge in [0.2, 0.25) is 5.75 Å². The Hall–Kier alpha value is -3.28. The van der Waals surface area contributed by atoms with Gasteiger partial charge < -0.3 is 33.7 Å². The van der Waals surface area contributed by atoms with E-state index in [-0.39, 0.29) is 18.8 Å². The molecule has 3 rings (SSSR count). The van der Waals surface area contributed by atoms with Gasteiger partial charge in [0.1, 0.15) is 0 Å². The monoisotopic (exact) mass is 590 g/mol. The van der Waals surface area contributed by atoms with E-state index in [0.717, 1.165) is 36.0 Å². The molecule has 1 aliphatic heterocycles. The Bertz CT molecular complexity index is 1150. The maximum Gasteiger partial charge on any atom is 0.345 e. The highest BCUT2D eigenvalue weighted by atomic mass is 32.2. The van der Waals surface area contributed by atoms with Crippen molar-refractivity contribution in [2.45, 2.75) is 44.8 Å². The number of urea groups is 1. The third kappa shape index (κ3) is 8.37. The molecule has 0 bridgehead atoms. The minimum Gasteiger partial charge on any atom is -0.493 e. The lowest BCUT2D eigenvalue weighted by Gasteiger charge is -2.20. The van der Waals surface area contributed by atoms with E-state index < -0.39 is 6.03 Å². The number of hydrogen-bond acceptors (Lipinski definition) is 9. The number of carbonyl (C=O) groups excluding carboxylic acids is 1. The van der Waals surface area contributed by atoms with Crippen molar-refractivity contribution >= 4 is 17.8 Å². The number of hydroxylamine groups is 2. The quantitative estimate of drug-likeness (QED) is 0.193. The lowest BCUT2D eigenvalue weighted by Crippen LogP contribution is -2.36. The molecule has 0 aliphatic carbocycles. The maximum atomic E-state index is 12.1. The molecule has 1 saturated heterocycles. The molecule has 226 valence electrons. The Labute approximate surface area is 246 Å². The van der Waals surface area contributed by atoms with E-state index in [1.807, 2.05) is 37.5 Å². The predicted molar refractivity (Wildman–Crippen MR) is 159 cm³/mol. The summed E-state index contributed by atoms with van der Waals surface area (Å²) >= 11 is 1.55. The standard InChI is InChI=1S/C30H42N2O8S/c1-7-14-39-28-20(9-8-12-31-30(33)32(34)13-15-41-6)16-21(17-25(28)35-2)23-10-11-24(40-23)22-18-26(36-3)29(38-5)27(19-22)37-4/h8,12,16-19,23-24,34H,7,9-11,13-15H2,1-6H3,(H,31,33). The zero-order chi connectivity index (χ0) is 29.8. The number of allylic oxidation sites excluding steroid dienone is 1. The first-order valence-electron chi connectivity index (χ1n) is 13.6. The van der Waals surface area contributed by atoms with Gasteiger partial charge in [0.05, 0.1) is 53.8 Å². The van der Waals surface area contributed by atoms with E-state index in [4.69, 9.17) is 28.4 Å². The van der Waals surface area contributed by atoms with E-state index in [2.05, 4.69) is 11.4 Å². The maximum absolute atomic E-state index is 12.1. The molecule has 1 aliphatic rings. The summed E-state index contributed by atoms with van der Waals surface area (Å²) in [4.78, 5) is 12.1. The van der Waals surface area contributed by atoms with Crippen molar-refractivity contribution in [3.8, 4) is 28.7 Å². The van der Waals surface area contributed by atoms with Crippen LogP contribution in [-0.2, 0) is 11.2 Å². The smallest absolute Gasteiger partial charge is 0.345 e. The van der Waals surface area contributed by atoms with Gasteiger partial charge in [-0.25, -0.2) is 9.86 Å². The number of carbonyl (C=O) groups is 1. The van der Waals surface area contributed by atoms with Crippen LogP contribution >= 0.6 is 11.8 Å². The van der Waals surface area contributed by atoms with Crippen LogP contribution in [0.4, 0.5) is 4.79 Å². The SMILES string of the molecule is CCCOc1c(CC=CNC(=O)N(O)CCSC)cc(C2CCC(c3cc(OC)c(OC)c(OC)c3)O2)cc1OC. The summed E-state index contributed by atoms with van der Waals surface area (Å²) in [5.74, 6) is 3.65. The molecule has 1 heterocycles. The first-order valence-corrected chi connectivity index (χ1v) is 15.0. The van der Waals surface area contributed by atoms with Crippen LogP contribution in [0.25, 0.3) is 0 Å². The summed E-state index contributed by atoms with van der Waals surface area (Å²) in [5.41, 5.74) is 2.83. The van der Waals surface area contributed by atoms with Gasteiger partial charge in [-0.1, -0.05) is 13.0 Å². The van der Waals surface area contributed by atoms with E-state index in [0.29, 0.717) is 52.6 Å². The second-order valence-corrected chi connectivity index (χ2v) is 10.4. The normalized spacial score (nSPS) is 16.5. The lowest BCUT2D eigenvalue weighted by atomic mass is 9.99. The fourth-order valence-corrected chi connectivity index (χ4v) is 4.98. The molecular formula is C30H42N2O8S. The van der Waals surface area contributed by atoms with E-state index in [1.165, 1.54) is 6.20 Å². The summed E-state index contributed by atoms with van der Waals surface area (Å²) < 4.78 is 34.9. The summed E-state index contributed by atoms with van der Waals surface area (Å²) in [6.07, 6.45) is 7.89. The first kappa shape index (κ1) is 32.2. The largest absolute Gasteiger partial charge is 0.493 e. The van der Waals surface area contributed by atoms with Crippen LogP contribution in [-0.4, -0.2) is 69.9 Å². The highest BCUT2D eigenvalue weighted by Crippen LogP contribution is 2.47. The molecule has 2 aromatic carbocycles. The third-order valence-corrected chi connectivity index (χ3v) is 7.27. The van der Waals surface area contributed by atoms with Crippen LogP contribution < -0.4 is 29.0 Å². The van der Waals surface area contributed by atoms with Gasteiger partial charge in [-0.15, -0.1) is 0 Å². The Morgan fingerprint density at radius 3 is 2.12 bits per heavy atom. The van der Waals surface area contributed by atoms with Crippen molar-refractivity contribution in [3.05, 3.63) is 53.2 Å². The number of nitrogens with zero attached hydrogens (tertiary/aromatic N) is 1. The summed E-state index contributed by atoms with van der Waals surface area (Å²) in [6.45, 7) is 2.83. The van der Waals surface area contributed by atoms with Crippen LogP contribution in [0.3, 0.4) is 0 Å². The van der Waals surface area contributed by atoms with Gasteiger partial charge >= 0.3 is 6.03 Å². The number of rotatable bonds is 15. The topological polar surface area (TPSA) is 108 Å². The molecule has 0 spiro atoms. The van der Waals surface area contributed by atoms with Crippen molar-refractivity contribution in [1.29, 1.82) is 0 Å². The Morgan fingerprint density at radius 2 is 1.59 bits per heavy atom. The molecule has 11 heteroatoms. The number of benzene rings is 2. The fourth-order valence-electron chi connectivity index (χ4n) is 4.63. The van der Waals surface area contributed by atoms with Crippen molar-refractivity contribution in [2.24, 2.45) is 0 Å². The molecule has 10 nitrogen and oxygen atoms in total. The number of amides is 2. The zero-order valence-electron chi connectivity index (χ0n) is 24.7. The summed E-state index contributed by atoms with van der Waals surface area (Å²) in [5, 5.41) is 13.1. The fraction of sp³-hybridized carbons (Fsp3) is 0.500. The van der Waals surface area contributed by atoms with Gasteiger partial charge in [0.15, 0.2) is 23.0 Å². The number of thioether (sulfide) groups is 1. The second kappa shape index (κ2) is 16.2. The van der Waals surface area contributed by atoms with Gasteiger partial charge in [-0.05, 0) is 67.3 Å². The molecule has 0 saturated carbocycles. The predicted octanol–water partition coefficient (Wildman–Crippen LogP) is 5.92. The van der Waals surface area contributed by atoms with Gasteiger partial charge in [0, 0.05) is 17.5 Å². The second-order valence-electron chi connectivity index (χ2n) is 9.38. The van der Waals surface area contributed by atoms with Crippen LogP contribution in [0.5, 0.6) is 28.7 Å². The van der Waals surface area contributed by atoms with Crippen LogP contribution in [0.2, 0.25) is 0 Å². The van der Waals surface area contributed by atoms with Crippen LogP contribution in [0, 0.1) is 0 Å². The third-order valence-electron chi connectivity index (χ3n) is 6.68. The van der Waals surface area contributed by atoms with Gasteiger partial charge in [-0.3, -0.25) is 5.21 Å². The van der Waals surface area contributed by atoms with Crippen LogP contribution in [0.15, 0.2) is 36.5 Å². The number of hydrogen-bond donors (Lipinski definition) is 2. The number of nitrogens with one attached hydrogen (secondary N) is 1. The number of ether oxygens (including phenoxy) is 6. The Balaban J connectivity index is 1.82. The van der Waals surface area contributed by atoms with Crippen molar-refractivity contribution in [3.63, 3.8) is 0 Å². The average molecular weight is 591 g/mol. The molecule has 2 aromatic rings. The van der Waals surface area contributed by atoms with E-state index in [9.17, 15) is 10.0 Å². The minimum atomic E-state index is -0.582. The lowest BCUT2D eigenvalue weighted by molar-refractivity contribution is -0.0361. The zero-order valence-corrected chi connectivity index (χ0v) is 25.5. The summed E-state index contributed by atoms with van der Waals surface area (Å²) in [6, 6.07) is 7.31. The molecule has 2 unspecified atom stereocenters. The minimum absolute atomic E-state index is 0.151. The van der Waals surface area contributed by atoms with Crippen molar-refractivity contribution in [2.75, 3.05) is 53.6 Å². The molecule has 2 amide bonds.